The van der Waals surface area contributed by atoms with Gasteiger partial charge in [0.25, 0.3) is 5.91 Å². The lowest BCUT2D eigenvalue weighted by atomic mass is 10.0. The number of piperidine rings is 1. The number of carbonyl (C=O) groups is 1. The summed E-state index contributed by atoms with van der Waals surface area (Å²) >= 11 is 0. The summed E-state index contributed by atoms with van der Waals surface area (Å²) in [6.07, 6.45) is 2.00. The van der Waals surface area contributed by atoms with Gasteiger partial charge in [0.05, 0.1) is 6.10 Å². The molecule has 0 saturated carbocycles. The minimum Gasteiger partial charge on any atom is -0.486 e. The number of ether oxygens (including phenoxy) is 2. The van der Waals surface area contributed by atoms with E-state index in [2.05, 4.69) is 10.2 Å². The van der Waals surface area contributed by atoms with Gasteiger partial charge in [-0.25, -0.2) is 0 Å². The summed E-state index contributed by atoms with van der Waals surface area (Å²) in [5.41, 5.74) is 1.57. The molecule has 4 rings (SSSR count). The number of amides is 1. The predicted octanol–water partition coefficient (Wildman–Crippen LogP) is 2.78. The maximum atomic E-state index is 12.3. The van der Waals surface area contributed by atoms with Crippen molar-refractivity contribution in [3.63, 3.8) is 0 Å². The Kier molecular flexibility index (Phi) is 6.32. The molecule has 2 heterocycles. The Morgan fingerprint density at radius 2 is 1.79 bits per heavy atom. The van der Waals surface area contributed by atoms with Gasteiger partial charge in [0.2, 0.25) is 0 Å². The molecule has 0 aromatic heterocycles. The number of aliphatic hydroxyl groups excluding tert-OH is 1. The SMILES string of the molecule is O=C(NC1CCN(CCC(O)c2ccc3c(c2)OCCO3)CC1)c1ccccc1. The predicted molar refractivity (Wildman–Crippen MR) is 110 cm³/mol. The van der Waals surface area contributed by atoms with Crippen molar-refractivity contribution in [2.24, 2.45) is 0 Å². The van der Waals surface area contributed by atoms with Gasteiger partial charge in [-0.05, 0) is 49.1 Å². The molecule has 6 heteroatoms. The molecule has 2 aliphatic rings. The number of hydrogen-bond acceptors (Lipinski definition) is 5. The third kappa shape index (κ3) is 5.08. The third-order valence-electron chi connectivity index (χ3n) is 5.63. The molecule has 0 aliphatic carbocycles. The van der Waals surface area contributed by atoms with Crippen molar-refractivity contribution in [2.45, 2.75) is 31.4 Å². The zero-order chi connectivity index (χ0) is 20.1. The summed E-state index contributed by atoms with van der Waals surface area (Å²) in [6.45, 7) is 3.79. The number of carbonyl (C=O) groups excluding carboxylic acids is 1. The highest BCUT2D eigenvalue weighted by Crippen LogP contribution is 2.33. The first-order valence-corrected chi connectivity index (χ1v) is 10.3. The molecular weight excluding hydrogens is 368 g/mol. The second-order valence-corrected chi connectivity index (χ2v) is 7.66. The number of fused-ring (bicyclic) bond motifs is 1. The number of likely N-dealkylation sites (tertiary alicyclic amines) is 1. The molecule has 154 valence electrons. The molecule has 0 radical (unpaired) electrons. The normalized spacial score (nSPS) is 18.2. The van der Waals surface area contributed by atoms with Crippen molar-refractivity contribution in [1.29, 1.82) is 0 Å². The molecule has 1 unspecified atom stereocenters. The van der Waals surface area contributed by atoms with Gasteiger partial charge in [-0.15, -0.1) is 0 Å². The van der Waals surface area contributed by atoms with Gasteiger partial charge < -0.3 is 24.8 Å². The molecule has 0 spiro atoms. The topological polar surface area (TPSA) is 71.0 Å². The molecule has 1 amide bonds. The fourth-order valence-corrected chi connectivity index (χ4v) is 3.90. The van der Waals surface area contributed by atoms with Crippen molar-refractivity contribution < 1.29 is 19.4 Å². The van der Waals surface area contributed by atoms with Crippen molar-refractivity contribution in [1.82, 2.24) is 10.2 Å². The highest BCUT2D eigenvalue weighted by Gasteiger charge is 2.22. The van der Waals surface area contributed by atoms with Crippen LogP contribution in [0.5, 0.6) is 11.5 Å². The summed E-state index contributed by atoms with van der Waals surface area (Å²) in [6, 6.07) is 15.2. The lowest BCUT2D eigenvalue weighted by Gasteiger charge is -2.32. The molecule has 1 saturated heterocycles. The Hall–Kier alpha value is -2.57. The minimum absolute atomic E-state index is 0.00178. The monoisotopic (exact) mass is 396 g/mol. The molecule has 0 bridgehead atoms. The van der Waals surface area contributed by atoms with E-state index in [4.69, 9.17) is 9.47 Å². The molecule has 1 atom stereocenters. The standard InChI is InChI=1S/C23H28N2O4/c26-20(18-6-7-21-22(16-18)29-15-14-28-21)10-13-25-11-8-19(9-12-25)24-23(27)17-4-2-1-3-5-17/h1-7,16,19-20,26H,8-15H2,(H,24,27). The third-order valence-corrected chi connectivity index (χ3v) is 5.63. The van der Waals surface area contributed by atoms with E-state index in [0.29, 0.717) is 30.9 Å². The second-order valence-electron chi connectivity index (χ2n) is 7.66. The van der Waals surface area contributed by atoms with Crippen LogP contribution in [0.3, 0.4) is 0 Å². The molecule has 29 heavy (non-hydrogen) atoms. The van der Waals surface area contributed by atoms with E-state index in [1.807, 2.05) is 48.5 Å². The first kappa shape index (κ1) is 19.7. The van der Waals surface area contributed by atoms with E-state index in [0.717, 1.165) is 43.8 Å². The van der Waals surface area contributed by atoms with E-state index in [9.17, 15) is 9.90 Å². The first-order valence-electron chi connectivity index (χ1n) is 10.3. The van der Waals surface area contributed by atoms with Crippen LogP contribution in [0.1, 0.15) is 41.3 Å². The Labute approximate surface area is 171 Å². The molecule has 2 aliphatic heterocycles. The molecule has 2 N–H and O–H groups in total. The summed E-state index contributed by atoms with van der Waals surface area (Å²) in [4.78, 5) is 14.6. The van der Waals surface area contributed by atoms with Crippen LogP contribution in [0.4, 0.5) is 0 Å². The van der Waals surface area contributed by atoms with Crippen molar-refractivity contribution in [2.75, 3.05) is 32.8 Å². The highest BCUT2D eigenvalue weighted by atomic mass is 16.6. The van der Waals surface area contributed by atoms with Crippen LogP contribution in [0.15, 0.2) is 48.5 Å². The van der Waals surface area contributed by atoms with Crippen LogP contribution in [0, 0.1) is 0 Å². The number of nitrogens with one attached hydrogen (secondary N) is 1. The first-order chi connectivity index (χ1) is 14.2. The van der Waals surface area contributed by atoms with Crippen molar-refractivity contribution in [3.05, 3.63) is 59.7 Å². The van der Waals surface area contributed by atoms with Gasteiger partial charge in [0.1, 0.15) is 13.2 Å². The van der Waals surface area contributed by atoms with Gasteiger partial charge in [-0.1, -0.05) is 24.3 Å². The Balaban J connectivity index is 1.21. The fraction of sp³-hybridized carbons (Fsp3) is 0.435. The number of rotatable bonds is 6. The molecular formula is C23H28N2O4. The highest BCUT2D eigenvalue weighted by molar-refractivity contribution is 5.94. The van der Waals surface area contributed by atoms with Gasteiger partial charge >= 0.3 is 0 Å². The number of benzene rings is 2. The minimum atomic E-state index is -0.527. The van der Waals surface area contributed by atoms with E-state index < -0.39 is 6.10 Å². The van der Waals surface area contributed by atoms with Gasteiger partial charge in [0.15, 0.2) is 11.5 Å². The zero-order valence-corrected chi connectivity index (χ0v) is 16.5. The number of aliphatic hydroxyl groups is 1. The molecule has 2 aromatic rings. The lowest BCUT2D eigenvalue weighted by Crippen LogP contribution is -2.45. The van der Waals surface area contributed by atoms with Crippen LogP contribution in [-0.4, -0.2) is 54.8 Å². The fourth-order valence-electron chi connectivity index (χ4n) is 3.90. The Morgan fingerprint density at radius 3 is 2.55 bits per heavy atom. The lowest BCUT2D eigenvalue weighted by molar-refractivity contribution is 0.0900. The Bertz CT molecular complexity index is 819. The van der Waals surface area contributed by atoms with Crippen LogP contribution >= 0.6 is 0 Å². The van der Waals surface area contributed by atoms with Crippen molar-refractivity contribution in [3.8, 4) is 11.5 Å². The van der Waals surface area contributed by atoms with Gasteiger partial charge in [-0.3, -0.25) is 4.79 Å². The van der Waals surface area contributed by atoms with Gasteiger partial charge in [-0.2, -0.15) is 0 Å². The van der Waals surface area contributed by atoms with Gasteiger partial charge in [0, 0.05) is 31.2 Å². The van der Waals surface area contributed by atoms with Crippen LogP contribution in [0.2, 0.25) is 0 Å². The molecule has 2 aromatic carbocycles. The number of hydrogen-bond donors (Lipinski definition) is 2. The van der Waals surface area contributed by atoms with Crippen LogP contribution in [-0.2, 0) is 0 Å². The van der Waals surface area contributed by atoms with Crippen molar-refractivity contribution >= 4 is 5.91 Å². The van der Waals surface area contributed by atoms with Crippen LogP contribution < -0.4 is 14.8 Å². The summed E-state index contributed by atoms with van der Waals surface area (Å²) in [5.74, 6) is 1.45. The quantitative estimate of drug-likeness (QED) is 0.786. The maximum absolute atomic E-state index is 12.3. The van der Waals surface area contributed by atoms with E-state index in [1.165, 1.54) is 0 Å². The largest absolute Gasteiger partial charge is 0.486 e. The summed E-state index contributed by atoms with van der Waals surface area (Å²) in [7, 11) is 0. The smallest absolute Gasteiger partial charge is 0.251 e. The second kappa shape index (κ2) is 9.29. The average molecular weight is 396 g/mol. The van der Waals surface area contributed by atoms with E-state index in [-0.39, 0.29) is 11.9 Å². The zero-order valence-electron chi connectivity index (χ0n) is 16.5. The summed E-state index contributed by atoms with van der Waals surface area (Å²) < 4.78 is 11.1. The average Bonchev–Trinajstić information content (AvgIpc) is 2.78. The molecule has 1 fully saturated rings. The maximum Gasteiger partial charge on any atom is 0.251 e. The van der Waals surface area contributed by atoms with E-state index >= 15 is 0 Å². The summed E-state index contributed by atoms with van der Waals surface area (Å²) in [5, 5.41) is 13.7. The Morgan fingerprint density at radius 1 is 1.07 bits per heavy atom. The number of nitrogens with zero attached hydrogens (tertiary/aromatic N) is 1. The van der Waals surface area contributed by atoms with Crippen LogP contribution in [0.25, 0.3) is 0 Å². The van der Waals surface area contributed by atoms with E-state index in [1.54, 1.807) is 0 Å². The molecule has 6 nitrogen and oxygen atoms in total.